The van der Waals surface area contributed by atoms with Gasteiger partial charge in [0.1, 0.15) is 18.1 Å². The lowest BCUT2D eigenvalue weighted by atomic mass is 10.2. The lowest BCUT2D eigenvalue weighted by molar-refractivity contribution is 0.273. The molecule has 0 saturated carbocycles. The first-order valence-electron chi connectivity index (χ1n) is 5.22. The summed E-state index contributed by atoms with van der Waals surface area (Å²) in [4.78, 5) is 11.0. The van der Waals surface area contributed by atoms with Crippen LogP contribution in [0.2, 0.25) is 0 Å². The third-order valence-electron chi connectivity index (χ3n) is 2.48. The first kappa shape index (κ1) is 10.2. The molecule has 1 atom stereocenters. The minimum atomic E-state index is -0.357. The molecule has 1 aliphatic heterocycles. The van der Waals surface area contributed by atoms with Crippen LogP contribution in [0, 0.1) is 6.92 Å². The molecule has 0 spiro atoms. The Labute approximate surface area is 88.2 Å². The Hall–Kier alpha value is -1.29. The number of nitrogens with one attached hydrogen (secondary N) is 1. The van der Waals surface area contributed by atoms with E-state index in [1.165, 1.54) is 12.5 Å². The van der Waals surface area contributed by atoms with Gasteiger partial charge >= 0.3 is 5.63 Å². The number of hydrogen-bond acceptors (Lipinski definition) is 4. The highest BCUT2D eigenvalue weighted by Crippen LogP contribution is 2.12. The largest absolute Gasteiger partial charge is 0.492 e. The van der Waals surface area contributed by atoms with Crippen LogP contribution in [0.4, 0.5) is 0 Å². The lowest BCUT2D eigenvalue weighted by Gasteiger charge is -2.11. The molecule has 15 heavy (non-hydrogen) atoms. The molecule has 0 unspecified atom stereocenters. The van der Waals surface area contributed by atoms with Gasteiger partial charge in [0, 0.05) is 12.1 Å². The number of rotatable bonds is 3. The van der Waals surface area contributed by atoms with Crippen LogP contribution in [-0.4, -0.2) is 19.2 Å². The molecule has 0 aliphatic carbocycles. The Balaban J connectivity index is 1.95. The minimum absolute atomic E-state index is 0.357. The fraction of sp³-hybridized carbons (Fsp3) is 0.545. The van der Waals surface area contributed by atoms with Crippen LogP contribution in [0.5, 0.6) is 5.75 Å². The molecule has 2 rings (SSSR count). The van der Waals surface area contributed by atoms with E-state index in [2.05, 4.69) is 5.32 Å². The quantitative estimate of drug-likeness (QED) is 0.809. The van der Waals surface area contributed by atoms with Gasteiger partial charge in [0.15, 0.2) is 0 Å². The van der Waals surface area contributed by atoms with Crippen molar-refractivity contribution in [2.45, 2.75) is 25.8 Å². The fourth-order valence-corrected chi connectivity index (χ4v) is 1.75. The van der Waals surface area contributed by atoms with Crippen LogP contribution >= 0.6 is 0 Å². The van der Waals surface area contributed by atoms with Crippen molar-refractivity contribution in [3.8, 4) is 5.75 Å². The van der Waals surface area contributed by atoms with Crippen LogP contribution in [0.3, 0.4) is 0 Å². The lowest BCUT2D eigenvalue weighted by Crippen LogP contribution is -2.28. The monoisotopic (exact) mass is 209 g/mol. The number of aryl methyl sites for hydroxylation is 1. The predicted molar refractivity (Wildman–Crippen MR) is 56.2 cm³/mol. The maximum Gasteiger partial charge on any atom is 0.339 e. The zero-order valence-electron chi connectivity index (χ0n) is 8.79. The Morgan fingerprint density at radius 1 is 1.60 bits per heavy atom. The summed E-state index contributed by atoms with van der Waals surface area (Å²) in [6.07, 6.45) is 2.34. The summed E-state index contributed by atoms with van der Waals surface area (Å²) >= 11 is 0. The van der Waals surface area contributed by atoms with Crippen molar-refractivity contribution in [1.29, 1.82) is 0 Å². The van der Waals surface area contributed by atoms with Gasteiger partial charge in [-0.15, -0.1) is 0 Å². The molecule has 0 bridgehead atoms. The molecule has 1 fully saturated rings. The van der Waals surface area contributed by atoms with Gasteiger partial charge in [-0.3, -0.25) is 0 Å². The summed E-state index contributed by atoms with van der Waals surface area (Å²) in [5, 5.41) is 3.33. The third-order valence-corrected chi connectivity index (χ3v) is 2.48. The summed E-state index contributed by atoms with van der Waals surface area (Å²) in [6.45, 7) is 3.41. The normalized spacial score (nSPS) is 20.5. The summed E-state index contributed by atoms with van der Waals surface area (Å²) in [7, 11) is 0. The smallest absolute Gasteiger partial charge is 0.339 e. The fourth-order valence-electron chi connectivity index (χ4n) is 1.75. The maximum absolute atomic E-state index is 11.0. The topological polar surface area (TPSA) is 51.5 Å². The first-order valence-corrected chi connectivity index (χ1v) is 5.22. The Morgan fingerprint density at radius 2 is 2.47 bits per heavy atom. The minimum Gasteiger partial charge on any atom is -0.492 e. The van der Waals surface area contributed by atoms with Crippen molar-refractivity contribution in [3.05, 3.63) is 28.3 Å². The molecule has 1 aromatic heterocycles. The SMILES string of the molecule is Cc1cc(OC[C@@H]2CCCN2)cc(=O)o1. The van der Waals surface area contributed by atoms with E-state index >= 15 is 0 Å². The van der Waals surface area contributed by atoms with E-state index in [-0.39, 0.29) is 5.63 Å². The third kappa shape index (κ3) is 2.83. The van der Waals surface area contributed by atoms with Crippen molar-refractivity contribution in [3.63, 3.8) is 0 Å². The van der Waals surface area contributed by atoms with Gasteiger partial charge in [0.25, 0.3) is 0 Å². The summed E-state index contributed by atoms with van der Waals surface area (Å²) < 4.78 is 10.4. The van der Waals surface area contributed by atoms with E-state index in [1.807, 2.05) is 0 Å². The Kier molecular flexibility index (Phi) is 3.06. The zero-order valence-corrected chi connectivity index (χ0v) is 8.79. The summed E-state index contributed by atoms with van der Waals surface area (Å²) in [6, 6.07) is 3.52. The highest BCUT2D eigenvalue weighted by molar-refractivity contribution is 5.19. The van der Waals surface area contributed by atoms with Gasteiger partial charge in [-0.25, -0.2) is 4.79 Å². The highest BCUT2D eigenvalue weighted by Gasteiger charge is 2.14. The molecule has 0 radical (unpaired) electrons. The van der Waals surface area contributed by atoms with Crippen molar-refractivity contribution in [1.82, 2.24) is 5.32 Å². The molecular formula is C11H15NO3. The number of ether oxygens (including phenoxy) is 1. The molecule has 1 N–H and O–H groups in total. The van der Waals surface area contributed by atoms with Crippen molar-refractivity contribution < 1.29 is 9.15 Å². The molecule has 82 valence electrons. The van der Waals surface area contributed by atoms with Crippen molar-refractivity contribution in [2.75, 3.05) is 13.2 Å². The van der Waals surface area contributed by atoms with E-state index in [4.69, 9.17) is 9.15 Å². The van der Waals surface area contributed by atoms with Gasteiger partial charge in [-0.2, -0.15) is 0 Å². The van der Waals surface area contributed by atoms with Crippen LogP contribution in [0.15, 0.2) is 21.3 Å². The zero-order chi connectivity index (χ0) is 10.7. The molecule has 1 aromatic rings. The van der Waals surface area contributed by atoms with E-state index in [9.17, 15) is 4.79 Å². The van der Waals surface area contributed by atoms with Crippen LogP contribution in [0.1, 0.15) is 18.6 Å². The van der Waals surface area contributed by atoms with Gasteiger partial charge in [0.2, 0.25) is 0 Å². The molecule has 4 heteroatoms. The summed E-state index contributed by atoms with van der Waals surface area (Å²) in [5.41, 5.74) is -0.357. The second-order valence-electron chi connectivity index (χ2n) is 3.83. The van der Waals surface area contributed by atoms with E-state index in [0.29, 0.717) is 24.2 Å². The van der Waals surface area contributed by atoms with Crippen LogP contribution in [0.25, 0.3) is 0 Å². The standard InChI is InChI=1S/C11H15NO3/c1-8-5-10(6-11(13)15-8)14-7-9-3-2-4-12-9/h5-6,9,12H,2-4,7H2,1H3/t9-/m0/s1. The Morgan fingerprint density at radius 3 is 3.13 bits per heavy atom. The molecule has 0 amide bonds. The van der Waals surface area contributed by atoms with E-state index in [0.717, 1.165) is 13.0 Å². The van der Waals surface area contributed by atoms with E-state index in [1.54, 1.807) is 13.0 Å². The van der Waals surface area contributed by atoms with Crippen molar-refractivity contribution in [2.24, 2.45) is 0 Å². The molecule has 0 aromatic carbocycles. The molecule has 4 nitrogen and oxygen atoms in total. The maximum atomic E-state index is 11.0. The van der Waals surface area contributed by atoms with Gasteiger partial charge in [0.05, 0.1) is 6.07 Å². The van der Waals surface area contributed by atoms with Crippen molar-refractivity contribution >= 4 is 0 Å². The van der Waals surface area contributed by atoms with Crippen LogP contribution < -0.4 is 15.7 Å². The van der Waals surface area contributed by atoms with Gasteiger partial charge in [-0.05, 0) is 26.3 Å². The molecule has 1 saturated heterocycles. The molecule has 2 heterocycles. The molecular weight excluding hydrogens is 194 g/mol. The average molecular weight is 209 g/mol. The first-order chi connectivity index (χ1) is 7.24. The van der Waals surface area contributed by atoms with Gasteiger partial charge < -0.3 is 14.5 Å². The predicted octanol–water partition coefficient (Wildman–Crippen LogP) is 1.08. The summed E-state index contributed by atoms with van der Waals surface area (Å²) in [5.74, 6) is 1.18. The van der Waals surface area contributed by atoms with E-state index < -0.39 is 0 Å². The number of hydrogen-bond donors (Lipinski definition) is 1. The second kappa shape index (κ2) is 4.49. The average Bonchev–Trinajstić information content (AvgIpc) is 2.65. The highest BCUT2D eigenvalue weighted by atomic mass is 16.5. The van der Waals surface area contributed by atoms with Gasteiger partial charge in [-0.1, -0.05) is 0 Å². The second-order valence-corrected chi connectivity index (χ2v) is 3.83. The Bertz CT molecular complexity index is 380. The van der Waals surface area contributed by atoms with Crippen LogP contribution in [-0.2, 0) is 0 Å². The molecule has 1 aliphatic rings.